The van der Waals surface area contributed by atoms with Crippen LogP contribution in [0.15, 0.2) is 12.1 Å². The maximum atomic E-state index is 9.18. The number of hydrogen-bond donors (Lipinski definition) is 1. The zero-order chi connectivity index (χ0) is 12.3. The van der Waals surface area contributed by atoms with Crippen LogP contribution in [0.1, 0.15) is 48.4 Å². The highest BCUT2D eigenvalue weighted by Crippen LogP contribution is 2.33. The second kappa shape index (κ2) is 5.49. The van der Waals surface area contributed by atoms with Crippen molar-refractivity contribution in [2.24, 2.45) is 5.92 Å². The lowest BCUT2D eigenvalue weighted by Gasteiger charge is -2.25. The summed E-state index contributed by atoms with van der Waals surface area (Å²) < 4.78 is 0. The van der Waals surface area contributed by atoms with Crippen molar-refractivity contribution in [1.82, 2.24) is 0 Å². The Balaban J connectivity index is 3.18. The predicted molar refractivity (Wildman–Crippen MR) is 69.9 cm³/mol. The van der Waals surface area contributed by atoms with Gasteiger partial charge in [-0.2, -0.15) is 0 Å². The van der Waals surface area contributed by atoms with Crippen LogP contribution in [-0.4, -0.2) is 11.7 Å². The summed E-state index contributed by atoms with van der Waals surface area (Å²) in [7, 11) is 0. The van der Waals surface area contributed by atoms with Crippen molar-refractivity contribution in [1.29, 1.82) is 0 Å². The topological polar surface area (TPSA) is 20.2 Å². The lowest BCUT2D eigenvalue weighted by atomic mass is 9.81. The van der Waals surface area contributed by atoms with Gasteiger partial charge in [0.25, 0.3) is 0 Å². The first kappa shape index (κ1) is 13.2. The highest BCUT2D eigenvalue weighted by Gasteiger charge is 2.19. The molecule has 0 bridgehead atoms. The zero-order valence-corrected chi connectivity index (χ0v) is 11.2. The molecule has 0 aliphatic carbocycles. The molecule has 1 rings (SSSR count). The molecule has 0 saturated carbocycles. The Bertz CT molecular complexity index is 329. The van der Waals surface area contributed by atoms with Gasteiger partial charge in [0.2, 0.25) is 0 Å². The first-order valence-corrected chi connectivity index (χ1v) is 6.16. The number of hydrogen-bond acceptors (Lipinski definition) is 1. The van der Waals surface area contributed by atoms with E-state index in [1.165, 1.54) is 22.3 Å². The third-order valence-electron chi connectivity index (χ3n) is 3.35. The average Bonchev–Trinajstić information content (AvgIpc) is 2.14. The van der Waals surface area contributed by atoms with Crippen molar-refractivity contribution in [3.05, 3.63) is 34.4 Å². The van der Waals surface area contributed by atoms with Gasteiger partial charge in [0.1, 0.15) is 0 Å². The van der Waals surface area contributed by atoms with Gasteiger partial charge in [0, 0.05) is 6.61 Å². The van der Waals surface area contributed by atoms with Crippen LogP contribution in [-0.2, 0) is 0 Å². The van der Waals surface area contributed by atoms with Gasteiger partial charge in [0.15, 0.2) is 0 Å². The van der Waals surface area contributed by atoms with E-state index in [1.807, 2.05) is 0 Å². The second-order valence-electron chi connectivity index (χ2n) is 5.18. The van der Waals surface area contributed by atoms with E-state index in [0.29, 0.717) is 11.8 Å². The van der Waals surface area contributed by atoms with Crippen LogP contribution in [0.5, 0.6) is 0 Å². The molecule has 0 fully saturated rings. The van der Waals surface area contributed by atoms with Gasteiger partial charge in [-0.05, 0) is 55.7 Å². The molecule has 1 unspecified atom stereocenters. The third-order valence-corrected chi connectivity index (χ3v) is 3.35. The Morgan fingerprint density at radius 3 is 1.94 bits per heavy atom. The van der Waals surface area contributed by atoms with Crippen molar-refractivity contribution in [2.75, 3.05) is 6.61 Å². The quantitative estimate of drug-likeness (QED) is 0.819. The van der Waals surface area contributed by atoms with Gasteiger partial charge in [0.05, 0.1) is 0 Å². The fraction of sp³-hybridized carbons (Fsp3) is 0.600. The van der Waals surface area contributed by atoms with E-state index < -0.39 is 0 Å². The molecule has 1 atom stereocenters. The molecular weight excluding hydrogens is 196 g/mol. The molecule has 1 nitrogen and oxygen atoms in total. The summed E-state index contributed by atoms with van der Waals surface area (Å²) in [6.07, 6.45) is 0.863. The van der Waals surface area contributed by atoms with Gasteiger partial charge >= 0.3 is 0 Å². The summed E-state index contributed by atoms with van der Waals surface area (Å²) in [4.78, 5) is 0. The van der Waals surface area contributed by atoms with Crippen LogP contribution < -0.4 is 0 Å². The monoisotopic (exact) mass is 220 g/mol. The van der Waals surface area contributed by atoms with Crippen molar-refractivity contribution in [3.8, 4) is 0 Å². The molecule has 0 spiro atoms. The predicted octanol–water partition coefficient (Wildman–Crippen LogP) is 3.73. The number of benzene rings is 1. The van der Waals surface area contributed by atoms with Crippen molar-refractivity contribution < 1.29 is 5.11 Å². The van der Waals surface area contributed by atoms with Crippen LogP contribution in [0.25, 0.3) is 0 Å². The minimum absolute atomic E-state index is 0.273. The van der Waals surface area contributed by atoms with Gasteiger partial charge in [-0.3, -0.25) is 0 Å². The number of aliphatic hydroxyl groups excluding tert-OH is 1. The average molecular weight is 220 g/mol. The van der Waals surface area contributed by atoms with Crippen LogP contribution in [0.4, 0.5) is 0 Å². The smallest absolute Gasteiger partial charge is 0.0436 e. The molecule has 16 heavy (non-hydrogen) atoms. The fourth-order valence-electron chi connectivity index (χ4n) is 2.73. The van der Waals surface area contributed by atoms with Gasteiger partial charge in [-0.15, -0.1) is 0 Å². The van der Waals surface area contributed by atoms with E-state index in [2.05, 4.69) is 46.8 Å². The van der Waals surface area contributed by atoms with Gasteiger partial charge in [-0.25, -0.2) is 0 Å². The van der Waals surface area contributed by atoms with E-state index in [0.717, 1.165) is 6.42 Å². The number of rotatable bonds is 4. The summed E-state index contributed by atoms with van der Waals surface area (Å²) in [6, 6.07) is 4.49. The molecule has 1 aromatic rings. The highest BCUT2D eigenvalue weighted by molar-refractivity contribution is 5.40. The first-order valence-electron chi connectivity index (χ1n) is 6.16. The Labute approximate surface area is 99.5 Å². The van der Waals surface area contributed by atoms with Gasteiger partial charge < -0.3 is 5.11 Å². The van der Waals surface area contributed by atoms with E-state index in [1.54, 1.807) is 0 Å². The minimum atomic E-state index is 0.273. The molecule has 0 heterocycles. The zero-order valence-electron chi connectivity index (χ0n) is 11.2. The standard InChI is InChI=1S/C15H24O/c1-10(2)14(6-7-16)15-12(4)8-11(3)9-13(15)5/h8-10,14,16H,6-7H2,1-5H3. The van der Waals surface area contributed by atoms with E-state index in [-0.39, 0.29) is 6.61 Å². The Morgan fingerprint density at radius 2 is 1.56 bits per heavy atom. The van der Waals surface area contributed by atoms with Crippen molar-refractivity contribution in [2.45, 2.75) is 47.0 Å². The molecule has 0 aromatic heterocycles. The van der Waals surface area contributed by atoms with Crippen LogP contribution in [0, 0.1) is 26.7 Å². The second-order valence-corrected chi connectivity index (χ2v) is 5.18. The Morgan fingerprint density at radius 1 is 1.06 bits per heavy atom. The summed E-state index contributed by atoms with van der Waals surface area (Å²) in [5.74, 6) is 1.05. The molecule has 90 valence electrons. The maximum absolute atomic E-state index is 9.18. The molecule has 0 amide bonds. The molecule has 0 aliphatic rings. The van der Waals surface area contributed by atoms with Crippen LogP contribution in [0.2, 0.25) is 0 Å². The largest absolute Gasteiger partial charge is 0.396 e. The normalized spacial score (nSPS) is 13.2. The molecular formula is C15H24O. The number of aryl methyl sites for hydroxylation is 3. The van der Waals surface area contributed by atoms with Crippen LogP contribution >= 0.6 is 0 Å². The van der Waals surface area contributed by atoms with Crippen molar-refractivity contribution in [3.63, 3.8) is 0 Å². The van der Waals surface area contributed by atoms with Crippen molar-refractivity contribution >= 4 is 0 Å². The summed E-state index contributed by atoms with van der Waals surface area (Å²) in [5, 5.41) is 9.18. The fourth-order valence-corrected chi connectivity index (χ4v) is 2.73. The molecule has 1 N–H and O–H groups in total. The summed E-state index contributed by atoms with van der Waals surface area (Å²) >= 11 is 0. The Kier molecular flexibility index (Phi) is 4.55. The lowest BCUT2D eigenvalue weighted by Crippen LogP contribution is -2.12. The SMILES string of the molecule is Cc1cc(C)c(C(CCO)C(C)C)c(C)c1. The number of aliphatic hydroxyl groups is 1. The molecule has 0 saturated heterocycles. The minimum Gasteiger partial charge on any atom is -0.396 e. The highest BCUT2D eigenvalue weighted by atomic mass is 16.3. The molecule has 1 aromatic carbocycles. The molecule has 0 aliphatic heterocycles. The van der Waals surface area contributed by atoms with E-state index in [4.69, 9.17) is 0 Å². The lowest BCUT2D eigenvalue weighted by molar-refractivity contribution is 0.261. The van der Waals surface area contributed by atoms with E-state index >= 15 is 0 Å². The van der Waals surface area contributed by atoms with Crippen LogP contribution in [0.3, 0.4) is 0 Å². The summed E-state index contributed by atoms with van der Waals surface area (Å²) in [6.45, 7) is 11.2. The first-order chi connectivity index (χ1) is 7.47. The molecule has 0 radical (unpaired) electrons. The van der Waals surface area contributed by atoms with E-state index in [9.17, 15) is 5.11 Å². The Hall–Kier alpha value is -0.820. The molecule has 1 heteroatoms. The summed E-state index contributed by atoms with van der Waals surface area (Å²) in [5.41, 5.74) is 5.49. The van der Waals surface area contributed by atoms with Gasteiger partial charge in [-0.1, -0.05) is 31.5 Å². The third kappa shape index (κ3) is 2.85. The maximum Gasteiger partial charge on any atom is 0.0436 e.